The third-order valence-electron chi connectivity index (χ3n) is 2.90. The number of Topliss-reactive ketones (excluding diaryl/α,β-unsaturated/α-hetero) is 1. The van der Waals surface area contributed by atoms with E-state index in [1.54, 1.807) is 12.1 Å². The largest absolute Gasteiger partial charge is 0.329 e. The number of carbonyl (C=O) groups is 1. The van der Waals surface area contributed by atoms with Crippen LogP contribution in [-0.2, 0) is 4.79 Å². The quantitative estimate of drug-likeness (QED) is 0.902. The zero-order chi connectivity index (χ0) is 11.7. The molecular weight excluding hydrogens is 245 g/mol. The third-order valence-corrected chi connectivity index (χ3v) is 3.64. The monoisotopic (exact) mass is 257 g/mol. The van der Waals surface area contributed by atoms with Crippen molar-refractivity contribution >= 4 is 29.0 Å². The van der Waals surface area contributed by atoms with Crippen LogP contribution in [-0.4, -0.2) is 12.3 Å². The average molecular weight is 258 g/mol. The summed E-state index contributed by atoms with van der Waals surface area (Å²) in [5.74, 6) is 0.214. The molecule has 0 heterocycles. The molecular formula is C12H13Cl2NO. The van der Waals surface area contributed by atoms with E-state index in [2.05, 4.69) is 0 Å². The molecule has 1 aromatic carbocycles. The first-order chi connectivity index (χ1) is 7.63. The van der Waals surface area contributed by atoms with Gasteiger partial charge in [0, 0.05) is 12.5 Å². The molecule has 0 radical (unpaired) electrons. The Labute approximate surface area is 105 Å². The summed E-state index contributed by atoms with van der Waals surface area (Å²) in [4.78, 5) is 12.0. The molecule has 2 rings (SSSR count). The molecule has 0 unspecified atom stereocenters. The summed E-state index contributed by atoms with van der Waals surface area (Å²) in [6.45, 7) is 0.327. The lowest BCUT2D eigenvalue weighted by Gasteiger charge is -2.14. The lowest BCUT2D eigenvalue weighted by molar-refractivity contribution is -0.121. The SMILES string of the molecule is NC[C@@H](C(=O)C1CC1)c1ccc(Cl)c(Cl)c1. The van der Waals surface area contributed by atoms with E-state index in [0.29, 0.717) is 16.6 Å². The molecule has 2 nitrogen and oxygen atoms in total. The van der Waals surface area contributed by atoms with Crippen LogP contribution in [0.25, 0.3) is 0 Å². The van der Waals surface area contributed by atoms with Gasteiger partial charge in [-0.1, -0.05) is 29.3 Å². The van der Waals surface area contributed by atoms with Crippen molar-refractivity contribution in [1.29, 1.82) is 0 Å². The van der Waals surface area contributed by atoms with Crippen molar-refractivity contribution in [2.75, 3.05) is 6.54 Å². The van der Waals surface area contributed by atoms with Crippen molar-refractivity contribution in [3.05, 3.63) is 33.8 Å². The first-order valence-corrected chi connectivity index (χ1v) is 6.08. The van der Waals surface area contributed by atoms with Crippen LogP contribution in [0.1, 0.15) is 24.3 Å². The van der Waals surface area contributed by atoms with Crippen LogP contribution in [0.15, 0.2) is 18.2 Å². The number of halogens is 2. The van der Waals surface area contributed by atoms with Crippen molar-refractivity contribution in [3.8, 4) is 0 Å². The van der Waals surface area contributed by atoms with Crippen molar-refractivity contribution in [2.45, 2.75) is 18.8 Å². The zero-order valence-corrected chi connectivity index (χ0v) is 10.3. The number of hydrogen-bond donors (Lipinski definition) is 1. The van der Waals surface area contributed by atoms with Crippen molar-refractivity contribution in [2.24, 2.45) is 11.7 Å². The summed E-state index contributed by atoms with van der Waals surface area (Å²) in [7, 11) is 0. The molecule has 1 fully saturated rings. The highest BCUT2D eigenvalue weighted by atomic mass is 35.5. The van der Waals surface area contributed by atoms with Gasteiger partial charge in [-0.15, -0.1) is 0 Å². The molecule has 0 saturated heterocycles. The molecule has 86 valence electrons. The Kier molecular flexibility index (Phi) is 3.53. The number of ketones is 1. The zero-order valence-electron chi connectivity index (χ0n) is 8.75. The van der Waals surface area contributed by atoms with E-state index in [-0.39, 0.29) is 17.6 Å². The molecule has 16 heavy (non-hydrogen) atoms. The Hall–Kier alpha value is -0.570. The van der Waals surface area contributed by atoms with E-state index in [0.717, 1.165) is 18.4 Å². The molecule has 1 aliphatic rings. The minimum atomic E-state index is -0.234. The van der Waals surface area contributed by atoms with Gasteiger partial charge in [0.2, 0.25) is 0 Å². The number of hydrogen-bond acceptors (Lipinski definition) is 2. The van der Waals surface area contributed by atoms with Gasteiger partial charge in [-0.3, -0.25) is 4.79 Å². The molecule has 4 heteroatoms. The second-order valence-electron chi connectivity index (χ2n) is 4.14. The van der Waals surface area contributed by atoms with Gasteiger partial charge in [-0.25, -0.2) is 0 Å². The molecule has 0 aliphatic heterocycles. The van der Waals surface area contributed by atoms with E-state index in [4.69, 9.17) is 28.9 Å². The summed E-state index contributed by atoms with van der Waals surface area (Å²) in [6.07, 6.45) is 1.99. The van der Waals surface area contributed by atoms with Gasteiger partial charge < -0.3 is 5.73 Å². The molecule has 0 amide bonds. The molecule has 0 spiro atoms. The van der Waals surface area contributed by atoms with E-state index < -0.39 is 0 Å². The highest BCUT2D eigenvalue weighted by Gasteiger charge is 2.34. The average Bonchev–Trinajstić information content (AvgIpc) is 3.07. The van der Waals surface area contributed by atoms with Crippen molar-refractivity contribution < 1.29 is 4.79 Å². The van der Waals surface area contributed by atoms with Gasteiger partial charge in [-0.2, -0.15) is 0 Å². The molecule has 0 bridgehead atoms. The summed E-state index contributed by atoms with van der Waals surface area (Å²) in [5, 5.41) is 0.973. The van der Waals surface area contributed by atoms with Gasteiger partial charge in [-0.05, 0) is 30.5 Å². The Morgan fingerprint density at radius 3 is 2.56 bits per heavy atom. The van der Waals surface area contributed by atoms with Crippen LogP contribution < -0.4 is 5.73 Å². The predicted molar refractivity (Wildman–Crippen MR) is 66.0 cm³/mol. The predicted octanol–water partition coefficient (Wildman–Crippen LogP) is 3.01. The molecule has 0 aromatic heterocycles. The molecule has 1 saturated carbocycles. The molecule has 1 atom stereocenters. The fraction of sp³-hybridized carbons (Fsp3) is 0.417. The highest BCUT2D eigenvalue weighted by molar-refractivity contribution is 6.42. The van der Waals surface area contributed by atoms with Crippen LogP contribution in [0.3, 0.4) is 0 Å². The number of rotatable bonds is 4. The van der Waals surface area contributed by atoms with E-state index >= 15 is 0 Å². The van der Waals surface area contributed by atoms with Crippen LogP contribution in [0.5, 0.6) is 0 Å². The Balaban J connectivity index is 2.25. The second-order valence-corrected chi connectivity index (χ2v) is 4.95. The maximum Gasteiger partial charge on any atom is 0.144 e. The smallest absolute Gasteiger partial charge is 0.144 e. The number of carbonyl (C=O) groups excluding carboxylic acids is 1. The van der Waals surface area contributed by atoms with Gasteiger partial charge >= 0.3 is 0 Å². The molecule has 1 aromatic rings. The maximum absolute atomic E-state index is 12.0. The van der Waals surface area contributed by atoms with Gasteiger partial charge in [0.1, 0.15) is 5.78 Å². The Morgan fingerprint density at radius 1 is 1.38 bits per heavy atom. The summed E-state index contributed by atoms with van der Waals surface area (Å²) in [6, 6.07) is 5.27. The van der Waals surface area contributed by atoms with Crippen LogP contribution in [0.4, 0.5) is 0 Å². The fourth-order valence-electron chi connectivity index (χ4n) is 1.80. The van der Waals surface area contributed by atoms with Crippen LogP contribution in [0, 0.1) is 5.92 Å². The second kappa shape index (κ2) is 4.74. The van der Waals surface area contributed by atoms with Gasteiger partial charge in [0.15, 0.2) is 0 Å². The van der Waals surface area contributed by atoms with E-state index in [9.17, 15) is 4.79 Å². The molecule has 2 N–H and O–H groups in total. The third kappa shape index (κ3) is 2.40. The van der Waals surface area contributed by atoms with E-state index in [1.165, 1.54) is 0 Å². The van der Waals surface area contributed by atoms with Crippen LogP contribution >= 0.6 is 23.2 Å². The minimum Gasteiger partial charge on any atom is -0.329 e. The lowest BCUT2D eigenvalue weighted by Crippen LogP contribution is -2.22. The standard InChI is InChI=1S/C12H13Cl2NO/c13-10-4-3-8(5-11(10)14)9(6-15)12(16)7-1-2-7/h3-5,7,9H,1-2,6,15H2/t9-/m1/s1. The Bertz CT molecular complexity index is 415. The summed E-state index contributed by atoms with van der Waals surface area (Å²) in [5.41, 5.74) is 6.53. The maximum atomic E-state index is 12.0. The van der Waals surface area contributed by atoms with Crippen molar-refractivity contribution in [3.63, 3.8) is 0 Å². The minimum absolute atomic E-state index is 0.211. The first kappa shape index (κ1) is 11.9. The topological polar surface area (TPSA) is 43.1 Å². The van der Waals surface area contributed by atoms with Gasteiger partial charge in [0.05, 0.1) is 16.0 Å². The van der Waals surface area contributed by atoms with Crippen molar-refractivity contribution in [1.82, 2.24) is 0 Å². The normalized spacial score (nSPS) is 17.2. The number of benzene rings is 1. The highest BCUT2D eigenvalue weighted by Crippen LogP contribution is 2.36. The Morgan fingerprint density at radius 2 is 2.06 bits per heavy atom. The fourth-order valence-corrected chi connectivity index (χ4v) is 2.10. The number of nitrogens with two attached hydrogens (primary N) is 1. The van der Waals surface area contributed by atoms with E-state index in [1.807, 2.05) is 6.07 Å². The summed E-state index contributed by atoms with van der Waals surface area (Å²) < 4.78 is 0. The first-order valence-electron chi connectivity index (χ1n) is 5.32. The summed E-state index contributed by atoms with van der Waals surface area (Å²) >= 11 is 11.8. The molecule has 1 aliphatic carbocycles. The van der Waals surface area contributed by atoms with Crippen LogP contribution in [0.2, 0.25) is 10.0 Å². The van der Waals surface area contributed by atoms with Gasteiger partial charge in [0.25, 0.3) is 0 Å². The lowest BCUT2D eigenvalue weighted by atomic mass is 9.92.